The molecule has 5 aliphatic rings. The first-order valence-corrected chi connectivity index (χ1v) is 20.9. The van der Waals surface area contributed by atoms with E-state index in [1.54, 1.807) is 25.1 Å². The summed E-state index contributed by atoms with van der Waals surface area (Å²) >= 11 is 14.6. The number of aryl methyl sites for hydroxylation is 2. The van der Waals surface area contributed by atoms with Crippen LogP contribution >= 0.6 is 34.7 Å². The number of aliphatic hydroxyl groups excluding tert-OH is 1. The number of likely N-dealkylation sites (tertiary alicyclic amines) is 1. The van der Waals surface area contributed by atoms with E-state index in [1.807, 2.05) is 25.3 Å². The minimum absolute atomic E-state index is 0.00895. The number of carbonyl (C=O) groups excluding carboxylic acids is 1. The van der Waals surface area contributed by atoms with Crippen LogP contribution in [0.5, 0.6) is 0 Å². The molecular weight excluding hydrogens is 758 g/mol. The molecule has 10 rings (SSSR count). The van der Waals surface area contributed by atoms with E-state index in [-0.39, 0.29) is 77.1 Å². The third kappa shape index (κ3) is 5.98. The fourth-order valence-corrected chi connectivity index (χ4v) is 10.8. The van der Waals surface area contributed by atoms with Crippen LogP contribution in [0.4, 0.5) is 4.39 Å². The number of nitrogens with zero attached hydrogens (tertiary/aromatic N) is 5. The summed E-state index contributed by atoms with van der Waals surface area (Å²) in [6, 6.07) is 11.1. The largest absolute Gasteiger partial charge is 0.387 e. The van der Waals surface area contributed by atoms with Gasteiger partial charge in [-0.3, -0.25) is 4.79 Å². The lowest BCUT2D eigenvalue weighted by Gasteiger charge is -2.39. The highest BCUT2D eigenvalue weighted by Crippen LogP contribution is 2.52. The van der Waals surface area contributed by atoms with Crippen molar-refractivity contribution in [1.29, 1.82) is 5.26 Å². The number of amides is 1. The van der Waals surface area contributed by atoms with E-state index < -0.39 is 11.9 Å². The number of fused-ring (bicyclic) bond motifs is 4. The predicted molar refractivity (Wildman–Crippen MR) is 213 cm³/mol. The highest BCUT2D eigenvalue weighted by molar-refractivity contribution is 7.03. The lowest BCUT2D eigenvalue weighted by molar-refractivity contribution is -0.137. The third-order valence-corrected chi connectivity index (χ3v) is 14.1. The Morgan fingerprint density at radius 2 is 2.00 bits per heavy atom. The molecule has 3 aliphatic heterocycles. The van der Waals surface area contributed by atoms with Crippen LogP contribution in [0.2, 0.25) is 10.0 Å². The Balaban J connectivity index is 1.29. The molecule has 2 aromatic carbocycles. The normalized spacial score (nSPS) is 25.8. The Morgan fingerprint density at radius 3 is 2.65 bits per heavy atom. The lowest BCUT2D eigenvalue weighted by atomic mass is 9.79. The number of aliphatic hydroxyl groups is 1. The van der Waals surface area contributed by atoms with E-state index in [0.29, 0.717) is 39.6 Å². The standard InChI is InChI=1S/C42H43Cl2FN6O3S/c1-19-18-55-49-37(19)22(4)54-33-16-32(50(20(33)2)42(53)23-10-11-23)31-15-28-38(21(3)52)48-39-27(41(28)51(31)40-25-14-30(40)47-17-25)13-24(7-6-12-46)34(36(39)45)26-8-5-9-29(43)35(26)44/h5,8-9,13,15,18,20-23,25,30,32-33,40,47,52H,6-7,10-11,14,16-17H2,1-4H3/t20-,21?,22?,25-,30-,32-,33+,40+/m1/s1. The zero-order chi connectivity index (χ0) is 38.4. The number of nitriles is 1. The van der Waals surface area contributed by atoms with Crippen molar-refractivity contribution in [3.8, 4) is 17.2 Å². The average molecular weight is 802 g/mol. The van der Waals surface area contributed by atoms with Crippen LogP contribution in [0.15, 0.2) is 35.7 Å². The van der Waals surface area contributed by atoms with Gasteiger partial charge in [0.1, 0.15) is 5.52 Å². The molecule has 2 saturated carbocycles. The van der Waals surface area contributed by atoms with E-state index >= 15 is 4.39 Å². The molecule has 0 radical (unpaired) electrons. The second kappa shape index (κ2) is 14.1. The van der Waals surface area contributed by atoms with Crippen molar-refractivity contribution >= 4 is 62.4 Å². The maximum atomic E-state index is 17.4. The van der Waals surface area contributed by atoms with Crippen LogP contribution in [0.3, 0.4) is 0 Å². The van der Waals surface area contributed by atoms with Crippen molar-refractivity contribution in [3.63, 3.8) is 0 Å². The molecule has 1 amide bonds. The molecule has 5 fully saturated rings. The molecule has 2 aliphatic carbocycles. The Kier molecular flexibility index (Phi) is 9.47. The summed E-state index contributed by atoms with van der Waals surface area (Å²) in [5.41, 5.74) is 5.49. The molecule has 2 bridgehead atoms. The topological polar surface area (TPSA) is 116 Å². The molecule has 5 aromatic rings. The van der Waals surface area contributed by atoms with Crippen molar-refractivity contribution in [3.05, 3.63) is 79.8 Å². The quantitative estimate of drug-likeness (QED) is 0.145. The fraction of sp³-hybridized carbons (Fsp3) is 0.476. The van der Waals surface area contributed by atoms with Crippen molar-refractivity contribution in [2.24, 2.45) is 11.8 Å². The van der Waals surface area contributed by atoms with Gasteiger partial charge in [0.2, 0.25) is 5.91 Å². The van der Waals surface area contributed by atoms with E-state index in [2.05, 4.69) is 38.2 Å². The minimum atomic E-state index is -1.02. The Hall–Kier alpha value is -3.63. The molecule has 3 aromatic heterocycles. The van der Waals surface area contributed by atoms with Gasteiger partial charge in [-0.05, 0) is 100 Å². The first kappa shape index (κ1) is 37.0. The van der Waals surface area contributed by atoms with Gasteiger partial charge < -0.3 is 24.6 Å². The molecule has 8 atom stereocenters. The monoisotopic (exact) mass is 800 g/mol. The molecule has 2 unspecified atom stereocenters. The number of rotatable bonds is 10. The van der Waals surface area contributed by atoms with Crippen molar-refractivity contribution in [2.75, 3.05) is 6.54 Å². The SMILES string of the molecule is Cc1csnc1C(C)O[C@H]1C[C@H](c2cc3c(C(C)O)nc4c(F)c(-c5cccc(Cl)c5Cl)c(CCC#N)cc4c3n2[C@H]2[C@H]3CN[C@@H]2C3)N(C(=O)C2CC2)[C@@H]1C. The summed E-state index contributed by atoms with van der Waals surface area (Å²) in [5.74, 6) is -0.108. The van der Waals surface area contributed by atoms with Gasteiger partial charge in [-0.2, -0.15) is 9.64 Å². The van der Waals surface area contributed by atoms with E-state index in [1.165, 1.54) is 11.5 Å². The van der Waals surface area contributed by atoms with E-state index in [0.717, 1.165) is 53.7 Å². The predicted octanol–water partition coefficient (Wildman–Crippen LogP) is 9.33. The number of hydrogen-bond donors (Lipinski definition) is 2. The van der Waals surface area contributed by atoms with Crippen molar-refractivity contribution < 1.29 is 19.0 Å². The van der Waals surface area contributed by atoms with Crippen LogP contribution in [0, 0.1) is 35.9 Å². The minimum Gasteiger partial charge on any atom is -0.387 e. The van der Waals surface area contributed by atoms with Crippen LogP contribution in [-0.4, -0.2) is 54.6 Å². The number of benzene rings is 2. The number of halogens is 3. The molecule has 3 saturated heterocycles. The van der Waals surface area contributed by atoms with Crippen molar-refractivity contribution in [2.45, 2.75) is 109 Å². The third-order valence-electron chi connectivity index (χ3n) is 12.5. The Morgan fingerprint density at radius 1 is 1.20 bits per heavy atom. The van der Waals surface area contributed by atoms with Crippen LogP contribution < -0.4 is 5.32 Å². The molecule has 13 heteroatoms. The van der Waals surface area contributed by atoms with E-state index in [4.69, 9.17) is 32.9 Å². The van der Waals surface area contributed by atoms with Gasteiger partial charge in [-0.1, -0.05) is 35.3 Å². The second-order valence-corrected chi connectivity index (χ2v) is 17.4. The lowest BCUT2D eigenvalue weighted by Crippen LogP contribution is -2.43. The number of pyridine rings is 1. The van der Waals surface area contributed by atoms with Gasteiger partial charge in [-0.25, -0.2) is 9.37 Å². The van der Waals surface area contributed by atoms with Crippen LogP contribution in [-0.2, 0) is 16.0 Å². The van der Waals surface area contributed by atoms with Crippen molar-refractivity contribution in [1.82, 2.24) is 24.1 Å². The molecule has 9 nitrogen and oxygen atoms in total. The summed E-state index contributed by atoms with van der Waals surface area (Å²) < 4.78 is 31.2. The summed E-state index contributed by atoms with van der Waals surface area (Å²) in [5, 5.41) is 28.6. The van der Waals surface area contributed by atoms with Gasteiger partial charge in [0.25, 0.3) is 0 Å². The highest BCUT2D eigenvalue weighted by Gasteiger charge is 2.52. The molecule has 0 spiro atoms. The van der Waals surface area contributed by atoms with Gasteiger partial charge in [0, 0.05) is 64.3 Å². The zero-order valence-corrected chi connectivity index (χ0v) is 33.5. The van der Waals surface area contributed by atoms with Crippen LogP contribution in [0.25, 0.3) is 32.9 Å². The van der Waals surface area contributed by atoms with Gasteiger partial charge >= 0.3 is 0 Å². The number of hydrogen-bond acceptors (Lipinski definition) is 8. The number of carbonyl (C=O) groups is 1. The molecular formula is C42H43Cl2FN6O3S. The number of aromatic nitrogens is 3. The maximum absolute atomic E-state index is 17.4. The average Bonchev–Trinajstić information content (AvgIpc) is 3.52. The Bertz CT molecular complexity index is 2390. The summed E-state index contributed by atoms with van der Waals surface area (Å²) in [6.07, 6.45) is 2.28. The molecule has 55 heavy (non-hydrogen) atoms. The van der Waals surface area contributed by atoms with Gasteiger partial charge in [0.15, 0.2) is 5.82 Å². The molecule has 2 N–H and O–H groups in total. The highest BCUT2D eigenvalue weighted by atomic mass is 35.5. The second-order valence-electron chi connectivity index (χ2n) is 16.0. The first-order valence-electron chi connectivity index (χ1n) is 19.3. The summed E-state index contributed by atoms with van der Waals surface area (Å²) in [7, 11) is 0. The maximum Gasteiger partial charge on any atom is 0.226 e. The van der Waals surface area contributed by atoms with Crippen LogP contribution in [0.1, 0.15) is 105 Å². The zero-order valence-electron chi connectivity index (χ0n) is 31.2. The first-order chi connectivity index (χ1) is 26.5. The van der Waals surface area contributed by atoms with E-state index in [9.17, 15) is 15.2 Å². The molecule has 286 valence electrons. The smallest absolute Gasteiger partial charge is 0.226 e. The summed E-state index contributed by atoms with van der Waals surface area (Å²) in [6.45, 7) is 8.67. The summed E-state index contributed by atoms with van der Waals surface area (Å²) in [4.78, 5) is 21.3. The number of ether oxygens (including phenoxy) is 1. The Labute approximate surface area is 333 Å². The fourth-order valence-electron chi connectivity index (χ4n) is 9.63. The number of nitrogens with one attached hydrogen (secondary N) is 1. The van der Waals surface area contributed by atoms with Gasteiger partial charge in [0.05, 0.1) is 69.5 Å². The molecule has 6 heterocycles. The van der Waals surface area contributed by atoms with Gasteiger partial charge in [-0.15, -0.1) is 0 Å².